The third-order valence-corrected chi connectivity index (χ3v) is 2.72. The summed E-state index contributed by atoms with van der Waals surface area (Å²) < 4.78 is 0. The van der Waals surface area contributed by atoms with E-state index < -0.39 is 0 Å². The summed E-state index contributed by atoms with van der Waals surface area (Å²) >= 11 is 0. The van der Waals surface area contributed by atoms with Gasteiger partial charge >= 0.3 is 0 Å². The standard InChI is InChI=1S/C13H20N4/c1-4-17(5-2)10-11(3)16-13-7-6-12(8-14)15-9-13/h6-7,9,11,16H,4-5,10H2,1-3H3. The second-order valence-electron chi connectivity index (χ2n) is 4.08. The van der Waals surface area contributed by atoms with Crippen LogP contribution in [0.4, 0.5) is 5.69 Å². The molecule has 0 saturated carbocycles. The van der Waals surface area contributed by atoms with Crippen molar-refractivity contribution in [2.75, 3.05) is 25.0 Å². The summed E-state index contributed by atoms with van der Waals surface area (Å²) in [5.41, 5.74) is 1.41. The molecule has 0 amide bonds. The zero-order chi connectivity index (χ0) is 12.7. The lowest BCUT2D eigenvalue weighted by atomic mass is 10.2. The van der Waals surface area contributed by atoms with Crippen LogP contribution in [0, 0.1) is 11.3 Å². The first-order valence-electron chi connectivity index (χ1n) is 6.04. The molecular formula is C13H20N4. The topological polar surface area (TPSA) is 52.0 Å². The number of rotatable bonds is 6. The lowest BCUT2D eigenvalue weighted by Crippen LogP contribution is -2.34. The Bertz CT molecular complexity index is 362. The molecule has 1 heterocycles. The Morgan fingerprint density at radius 1 is 1.41 bits per heavy atom. The molecule has 0 aromatic carbocycles. The van der Waals surface area contributed by atoms with Crippen molar-refractivity contribution >= 4 is 5.69 Å². The molecular weight excluding hydrogens is 212 g/mol. The summed E-state index contributed by atoms with van der Waals surface area (Å²) in [7, 11) is 0. The van der Waals surface area contributed by atoms with E-state index in [1.54, 1.807) is 12.3 Å². The largest absolute Gasteiger partial charge is 0.380 e. The lowest BCUT2D eigenvalue weighted by Gasteiger charge is -2.23. The summed E-state index contributed by atoms with van der Waals surface area (Å²) in [6.07, 6.45) is 1.71. The van der Waals surface area contributed by atoms with E-state index in [-0.39, 0.29) is 0 Å². The Morgan fingerprint density at radius 3 is 2.59 bits per heavy atom. The fraction of sp³-hybridized carbons (Fsp3) is 0.538. The molecule has 1 unspecified atom stereocenters. The van der Waals surface area contributed by atoms with Crippen LogP contribution in [0.3, 0.4) is 0 Å². The van der Waals surface area contributed by atoms with Gasteiger partial charge in [0.1, 0.15) is 11.8 Å². The van der Waals surface area contributed by atoms with Crippen LogP contribution >= 0.6 is 0 Å². The fourth-order valence-electron chi connectivity index (χ4n) is 1.74. The highest BCUT2D eigenvalue weighted by molar-refractivity contribution is 5.43. The lowest BCUT2D eigenvalue weighted by molar-refractivity contribution is 0.295. The third-order valence-electron chi connectivity index (χ3n) is 2.72. The van der Waals surface area contributed by atoms with Gasteiger partial charge in [-0.2, -0.15) is 5.26 Å². The molecule has 0 spiro atoms. The number of likely N-dealkylation sites (N-methyl/N-ethyl adjacent to an activating group) is 1. The maximum Gasteiger partial charge on any atom is 0.140 e. The fourth-order valence-corrected chi connectivity index (χ4v) is 1.74. The number of anilines is 1. The van der Waals surface area contributed by atoms with Gasteiger partial charge in [-0.1, -0.05) is 13.8 Å². The summed E-state index contributed by atoms with van der Waals surface area (Å²) in [5, 5.41) is 12.0. The van der Waals surface area contributed by atoms with E-state index in [2.05, 4.69) is 36.0 Å². The predicted octanol–water partition coefficient (Wildman–Crippen LogP) is 2.10. The first-order chi connectivity index (χ1) is 8.19. The van der Waals surface area contributed by atoms with E-state index in [4.69, 9.17) is 5.26 Å². The van der Waals surface area contributed by atoms with Crippen LogP contribution in [0.1, 0.15) is 26.5 Å². The first-order valence-corrected chi connectivity index (χ1v) is 6.04. The van der Waals surface area contributed by atoms with Gasteiger partial charge in [-0.3, -0.25) is 0 Å². The van der Waals surface area contributed by atoms with E-state index >= 15 is 0 Å². The quantitative estimate of drug-likeness (QED) is 0.816. The SMILES string of the molecule is CCN(CC)CC(C)Nc1ccc(C#N)nc1. The molecule has 0 fully saturated rings. The minimum absolute atomic E-state index is 0.365. The maximum atomic E-state index is 8.65. The summed E-state index contributed by atoms with van der Waals surface area (Å²) in [5.74, 6) is 0. The van der Waals surface area contributed by atoms with Crippen molar-refractivity contribution in [2.45, 2.75) is 26.8 Å². The molecule has 1 rings (SSSR count). The molecule has 4 nitrogen and oxygen atoms in total. The third kappa shape index (κ3) is 4.41. The number of hydrogen-bond acceptors (Lipinski definition) is 4. The van der Waals surface area contributed by atoms with Crippen LogP contribution < -0.4 is 5.32 Å². The zero-order valence-electron chi connectivity index (χ0n) is 10.8. The Morgan fingerprint density at radius 2 is 2.12 bits per heavy atom. The van der Waals surface area contributed by atoms with Crippen molar-refractivity contribution in [2.24, 2.45) is 0 Å². The number of hydrogen-bond donors (Lipinski definition) is 1. The molecule has 4 heteroatoms. The molecule has 0 aliphatic heterocycles. The van der Waals surface area contributed by atoms with Crippen molar-refractivity contribution in [3.8, 4) is 6.07 Å². The van der Waals surface area contributed by atoms with E-state index in [1.807, 2.05) is 12.1 Å². The van der Waals surface area contributed by atoms with Crippen molar-refractivity contribution in [1.29, 1.82) is 5.26 Å². The summed E-state index contributed by atoms with van der Waals surface area (Å²) in [6, 6.07) is 6.00. The number of aromatic nitrogens is 1. The van der Waals surface area contributed by atoms with Crippen molar-refractivity contribution in [3.05, 3.63) is 24.0 Å². The molecule has 92 valence electrons. The van der Waals surface area contributed by atoms with Gasteiger partial charge in [0.2, 0.25) is 0 Å². The van der Waals surface area contributed by atoms with Crippen molar-refractivity contribution < 1.29 is 0 Å². The Kier molecular flexibility index (Phi) is 5.44. The second-order valence-corrected chi connectivity index (χ2v) is 4.08. The molecule has 0 radical (unpaired) electrons. The van der Waals surface area contributed by atoms with Crippen LogP contribution in [0.5, 0.6) is 0 Å². The van der Waals surface area contributed by atoms with Crippen molar-refractivity contribution in [1.82, 2.24) is 9.88 Å². The van der Waals surface area contributed by atoms with Gasteiger partial charge in [-0.25, -0.2) is 4.98 Å². The normalized spacial score (nSPS) is 12.2. The summed E-state index contributed by atoms with van der Waals surface area (Å²) in [6.45, 7) is 9.62. The molecule has 0 aliphatic carbocycles. The smallest absolute Gasteiger partial charge is 0.140 e. The maximum absolute atomic E-state index is 8.65. The number of nitrogens with zero attached hydrogens (tertiary/aromatic N) is 3. The monoisotopic (exact) mass is 232 g/mol. The van der Waals surface area contributed by atoms with Gasteiger partial charge < -0.3 is 10.2 Å². The van der Waals surface area contributed by atoms with Gasteiger partial charge in [-0.05, 0) is 32.1 Å². The van der Waals surface area contributed by atoms with Crippen LogP contribution in [0.15, 0.2) is 18.3 Å². The number of pyridine rings is 1. The van der Waals surface area contributed by atoms with E-state index in [1.165, 1.54) is 0 Å². The van der Waals surface area contributed by atoms with Crippen LogP contribution in [-0.2, 0) is 0 Å². The minimum Gasteiger partial charge on any atom is -0.380 e. The van der Waals surface area contributed by atoms with Gasteiger partial charge in [0.15, 0.2) is 0 Å². The Balaban J connectivity index is 2.50. The molecule has 1 aromatic rings. The van der Waals surface area contributed by atoms with E-state index in [0.29, 0.717) is 11.7 Å². The second kappa shape index (κ2) is 6.87. The van der Waals surface area contributed by atoms with Crippen LogP contribution in [0.2, 0.25) is 0 Å². The number of nitriles is 1. The van der Waals surface area contributed by atoms with Crippen LogP contribution in [-0.4, -0.2) is 35.6 Å². The van der Waals surface area contributed by atoms with Gasteiger partial charge in [0.05, 0.1) is 11.9 Å². The first kappa shape index (κ1) is 13.5. The van der Waals surface area contributed by atoms with Crippen molar-refractivity contribution in [3.63, 3.8) is 0 Å². The van der Waals surface area contributed by atoms with Gasteiger partial charge in [0, 0.05) is 12.6 Å². The number of nitrogens with one attached hydrogen (secondary N) is 1. The average molecular weight is 232 g/mol. The molecule has 1 N–H and O–H groups in total. The highest BCUT2D eigenvalue weighted by atomic mass is 15.1. The average Bonchev–Trinajstić information content (AvgIpc) is 2.37. The molecule has 17 heavy (non-hydrogen) atoms. The minimum atomic E-state index is 0.365. The zero-order valence-corrected chi connectivity index (χ0v) is 10.8. The predicted molar refractivity (Wildman–Crippen MR) is 69.8 cm³/mol. The molecule has 0 bridgehead atoms. The van der Waals surface area contributed by atoms with E-state index in [9.17, 15) is 0 Å². The molecule has 1 atom stereocenters. The Labute approximate surface area is 103 Å². The highest BCUT2D eigenvalue weighted by Crippen LogP contribution is 2.08. The molecule has 0 aliphatic rings. The molecule has 0 saturated heterocycles. The Hall–Kier alpha value is -1.60. The van der Waals surface area contributed by atoms with Crippen LogP contribution in [0.25, 0.3) is 0 Å². The van der Waals surface area contributed by atoms with Gasteiger partial charge in [-0.15, -0.1) is 0 Å². The van der Waals surface area contributed by atoms with E-state index in [0.717, 1.165) is 25.3 Å². The van der Waals surface area contributed by atoms with Gasteiger partial charge in [0.25, 0.3) is 0 Å². The summed E-state index contributed by atoms with van der Waals surface area (Å²) in [4.78, 5) is 6.40. The highest BCUT2D eigenvalue weighted by Gasteiger charge is 2.06. The molecule has 1 aromatic heterocycles.